The van der Waals surface area contributed by atoms with Gasteiger partial charge in [0, 0.05) is 17.8 Å². The second-order valence-corrected chi connectivity index (χ2v) is 6.55. The van der Waals surface area contributed by atoms with E-state index < -0.39 is 17.8 Å². The van der Waals surface area contributed by atoms with Gasteiger partial charge in [-0.2, -0.15) is 0 Å². The van der Waals surface area contributed by atoms with Gasteiger partial charge in [0.2, 0.25) is 17.7 Å². The van der Waals surface area contributed by atoms with Crippen LogP contribution in [0.4, 0.5) is 0 Å². The van der Waals surface area contributed by atoms with Crippen LogP contribution < -0.4 is 22.5 Å². The largest absolute Gasteiger partial charge is 0.481 e. The van der Waals surface area contributed by atoms with Gasteiger partial charge in [-0.15, -0.1) is 12.8 Å². The molecule has 0 saturated heterocycles. The third kappa shape index (κ3) is 19.5. The Morgan fingerprint density at radius 3 is 1.52 bits per heavy atom. The molecule has 0 bridgehead atoms. The van der Waals surface area contributed by atoms with Crippen LogP contribution in [0.15, 0.2) is 0 Å². The van der Waals surface area contributed by atoms with Crippen molar-refractivity contribution in [3.63, 3.8) is 0 Å². The maximum absolute atomic E-state index is 11.3. The maximum Gasteiger partial charge on any atom is 0.306 e. The zero-order valence-electron chi connectivity index (χ0n) is 17.6. The molecule has 4 atom stereocenters. The molecule has 0 heterocycles. The summed E-state index contributed by atoms with van der Waals surface area (Å²) >= 11 is 0. The predicted octanol–water partition coefficient (Wildman–Crippen LogP) is -0.320. The van der Waals surface area contributed by atoms with Crippen molar-refractivity contribution in [1.29, 1.82) is 0 Å². The zero-order valence-corrected chi connectivity index (χ0v) is 17.6. The maximum atomic E-state index is 11.3. The molecule has 0 aliphatic heterocycles. The zero-order chi connectivity index (χ0) is 23.6. The van der Waals surface area contributed by atoms with E-state index in [-0.39, 0.29) is 36.1 Å². The van der Waals surface area contributed by atoms with Crippen molar-refractivity contribution in [3.8, 4) is 24.7 Å². The second kappa shape index (κ2) is 18.3. The molecule has 0 radical (unpaired) electrons. The Kier molecular flexibility index (Phi) is 19.4. The first-order chi connectivity index (χ1) is 13.3. The molecule has 0 saturated carbocycles. The number of nitrogens with one attached hydrogen (secondary N) is 1. The van der Waals surface area contributed by atoms with Gasteiger partial charge in [-0.1, -0.05) is 39.5 Å². The molecule has 0 rings (SSSR count). The van der Waals surface area contributed by atoms with Crippen LogP contribution in [0.25, 0.3) is 0 Å². The van der Waals surface area contributed by atoms with Crippen LogP contribution in [0, 0.1) is 48.4 Å². The number of carbonyl (C=O) groups is 4. The van der Waals surface area contributed by atoms with E-state index in [4.69, 9.17) is 28.7 Å². The van der Waals surface area contributed by atoms with E-state index in [1.165, 1.54) is 0 Å². The number of carboxylic acids is 1. The van der Waals surface area contributed by atoms with Gasteiger partial charge in [0.1, 0.15) is 0 Å². The number of rotatable bonds is 9. The summed E-state index contributed by atoms with van der Waals surface area (Å²) in [6.07, 6.45) is 10.4. The lowest BCUT2D eigenvalue weighted by atomic mass is 9.96. The lowest BCUT2D eigenvalue weighted by Crippen LogP contribution is -2.32. The Morgan fingerprint density at radius 2 is 1.24 bits per heavy atom. The normalized spacial score (nSPS) is 13.2. The van der Waals surface area contributed by atoms with Gasteiger partial charge in [-0.3, -0.25) is 19.2 Å². The fourth-order valence-corrected chi connectivity index (χ4v) is 1.81. The second-order valence-electron chi connectivity index (χ2n) is 6.55. The summed E-state index contributed by atoms with van der Waals surface area (Å²) in [5.41, 5.74) is 14.8. The number of carboxylic acid groups (broad SMARTS) is 1. The minimum atomic E-state index is -0.891. The first-order valence-electron chi connectivity index (χ1n) is 9.01. The molecule has 9 heteroatoms. The highest BCUT2D eigenvalue weighted by Gasteiger charge is 2.19. The van der Waals surface area contributed by atoms with Crippen molar-refractivity contribution in [2.24, 2.45) is 40.9 Å². The highest BCUT2D eigenvalue weighted by Crippen LogP contribution is 2.11. The van der Waals surface area contributed by atoms with Crippen molar-refractivity contribution in [3.05, 3.63) is 0 Å². The van der Waals surface area contributed by atoms with Crippen molar-refractivity contribution in [2.45, 2.75) is 40.5 Å². The molecular formula is C20H34N4O5. The molecule has 0 aliphatic carbocycles. The first-order valence-corrected chi connectivity index (χ1v) is 9.01. The third-order valence-corrected chi connectivity index (χ3v) is 3.74. The molecule has 29 heavy (non-hydrogen) atoms. The Balaban J connectivity index is -0.000000401. The summed E-state index contributed by atoms with van der Waals surface area (Å²) in [5.74, 6) is 1.25. The number of nitrogens with two attached hydrogens (primary N) is 3. The summed E-state index contributed by atoms with van der Waals surface area (Å²) in [7, 11) is 0. The van der Waals surface area contributed by atoms with Crippen molar-refractivity contribution in [2.75, 3.05) is 13.1 Å². The molecule has 0 aliphatic rings. The number of terminal acetylenes is 2. The van der Waals surface area contributed by atoms with Gasteiger partial charge in [0.05, 0.1) is 19.0 Å². The highest BCUT2D eigenvalue weighted by atomic mass is 16.4. The summed E-state index contributed by atoms with van der Waals surface area (Å²) in [4.78, 5) is 42.8. The van der Waals surface area contributed by atoms with E-state index in [0.717, 1.165) is 0 Å². The number of primary amides is 2. The molecular weight excluding hydrogens is 376 g/mol. The molecule has 9 nitrogen and oxygen atoms in total. The lowest BCUT2D eigenvalue weighted by molar-refractivity contribution is -0.142. The van der Waals surface area contributed by atoms with Gasteiger partial charge < -0.3 is 27.6 Å². The van der Waals surface area contributed by atoms with Crippen LogP contribution >= 0.6 is 0 Å². The average molecular weight is 411 g/mol. The third-order valence-electron chi connectivity index (χ3n) is 3.74. The first kappa shape index (κ1) is 30.7. The summed E-state index contributed by atoms with van der Waals surface area (Å²) < 4.78 is 0. The Hall–Kier alpha value is -3.04. The molecule has 164 valence electrons. The minimum Gasteiger partial charge on any atom is -0.481 e. The van der Waals surface area contributed by atoms with E-state index in [1.807, 2.05) is 0 Å². The Morgan fingerprint density at radius 1 is 0.862 bits per heavy atom. The van der Waals surface area contributed by atoms with Gasteiger partial charge in [0.15, 0.2) is 0 Å². The Labute approximate surface area is 173 Å². The smallest absolute Gasteiger partial charge is 0.306 e. The molecule has 0 spiro atoms. The molecule has 0 aromatic rings. The van der Waals surface area contributed by atoms with Crippen molar-refractivity contribution in [1.82, 2.24) is 5.32 Å². The van der Waals surface area contributed by atoms with Gasteiger partial charge in [0.25, 0.3) is 0 Å². The molecule has 4 unspecified atom stereocenters. The highest BCUT2D eigenvalue weighted by molar-refractivity contribution is 5.81. The van der Waals surface area contributed by atoms with Crippen LogP contribution in [0.2, 0.25) is 0 Å². The van der Waals surface area contributed by atoms with E-state index in [1.54, 1.807) is 27.7 Å². The van der Waals surface area contributed by atoms with Crippen LogP contribution in [-0.2, 0) is 19.2 Å². The van der Waals surface area contributed by atoms with Crippen LogP contribution in [-0.4, -0.2) is 41.9 Å². The number of amides is 3. The molecule has 0 fully saturated rings. The van der Waals surface area contributed by atoms with Crippen LogP contribution in [0.3, 0.4) is 0 Å². The molecule has 8 N–H and O–H groups in total. The standard InChI is InChI=1S/C10H16N2O2.C7H13NO3.C3H5N/c1-4-5-12-10(14)8(3)6-7(2)9(11)13;1-4(6(8)9)3-5(2)7(10)11;1-2-3-4/h1,7-8H,5-6H2,2-3H3,(H2,11,13)(H,12,14);4-5H,3H2,1-2H3,(H2,8,9)(H,10,11);1H,3-4H2. The average Bonchev–Trinajstić information content (AvgIpc) is 2.66. The van der Waals surface area contributed by atoms with E-state index >= 15 is 0 Å². The number of hydrogen-bond acceptors (Lipinski definition) is 5. The molecule has 0 aromatic heterocycles. The monoisotopic (exact) mass is 410 g/mol. The summed E-state index contributed by atoms with van der Waals surface area (Å²) in [6, 6.07) is 0. The fourth-order valence-electron chi connectivity index (χ4n) is 1.81. The number of hydrogen-bond donors (Lipinski definition) is 5. The van der Waals surface area contributed by atoms with Gasteiger partial charge in [-0.05, 0) is 12.8 Å². The molecule has 3 amide bonds. The predicted molar refractivity (Wildman–Crippen MR) is 112 cm³/mol. The summed E-state index contributed by atoms with van der Waals surface area (Å²) in [6.45, 7) is 7.19. The topological polar surface area (TPSA) is 179 Å². The lowest BCUT2D eigenvalue weighted by Gasteiger charge is -2.13. The minimum absolute atomic E-state index is 0.143. The number of carbonyl (C=O) groups excluding carboxylic acids is 3. The van der Waals surface area contributed by atoms with E-state index in [0.29, 0.717) is 19.4 Å². The van der Waals surface area contributed by atoms with Gasteiger partial charge >= 0.3 is 5.97 Å². The SMILES string of the molecule is C#CCN.C#CCNC(=O)C(C)CC(C)C(N)=O.CC(CC(C)C(=O)O)C(N)=O. The fraction of sp³-hybridized carbons (Fsp3) is 0.600. The quantitative estimate of drug-likeness (QED) is 0.325. The van der Waals surface area contributed by atoms with E-state index in [2.05, 4.69) is 23.6 Å². The van der Waals surface area contributed by atoms with Crippen molar-refractivity contribution >= 4 is 23.7 Å². The summed E-state index contributed by atoms with van der Waals surface area (Å²) in [5, 5.41) is 11.0. The van der Waals surface area contributed by atoms with E-state index in [9.17, 15) is 19.2 Å². The molecule has 0 aromatic carbocycles. The Bertz CT molecular complexity index is 589. The van der Waals surface area contributed by atoms with Crippen LogP contribution in [0.5, 0.6) is 0 Å². The number of aliphatic carboxylic acids is 1. The van der Waals surface area contributed by atoms with Crippen LogP contribution in [0.1, 0.15) is 40.5 Å². The van der Waals surface area contributed by atoms with Gasteiger partial charge in [-0.25, -0.2) is 0 Å². The van der Waals surface area contributed by atoms with Crippen molar-refractivity contribution < 1.29 is 24.3 Å².